The fourth-order valence-electron chi connectivity index (χ4n) is 4.19. The maximum atomic E-state index is 12.5. The highest BCUT2D eigenvalue weighted by Crippen LogP contribution is 2.44. The Morgan fingerprint density at radius 3 is 2.03 bits per heavy atom. The van der Waals surface area contributed by atoms with E-state index >= 15 is 0 Å². The first-order chi connectivity index (χ1) is 16.8. The van der Waals surface area contributed by atoms with Crippen LogP contribution in [0.25, 0.3) is 11.1 Å². The highest BCUT2D eigenvalue weighted by atomic mass is 16.5. The molecule has 1 aliphatic carbocycles. The van der Waals surface area contributed by atoms with Crippen molar-refractivity contribution >= 4 is 23.7 Å². The van der Waals surface area contributed by atoms with Crippen LogP contribution in [0.15, 0.2) is 72.8 Å². The standard InChI is InChI=1S/C28H28N2O5/c1-3-28(2,26(32)33)17-29-25(31)18-12-14-19(15-13-18)30-27(34)35-16-24-22-10-6-4-8-20(22)21-9-5-7-11-23(21)24/h4-15,24H,3,16-17H2,1-2H3,(H,29,31)(H,30,34)(H,32,33). The van der Waals surface area contributed by atoms with Crippen molar-refractivity contribution in [1.29, 1.82) is 0 Å². The van der Waals surface area contributed by atoms with Gasteiger partial charge in [0.15, 0.2) is 0 Å². The van der Waals surface area contributed by atoms with Crippen molar-refractivity contribution in [2.45, 2.75) is 26.2 Å². The molecule has 2 amide bonds. The molecule has 3 aromatic rings. The molecule has 0 spiro atoms. The predicted molar refractivity (Wildman–Crippen MR) is 134 cm³/mol. The van der Waals surface area contributed by atoms with E-state index in [2.05, 4.69) is 34.9 Å². The summed E-state index contributed by atoms with van der Waals surface area (Å²) in [7, 11) is 0. The number of carboxylic acid groups (broad SMARTS) is 1. The number of anilines is 1. The topological polar surface area (TPSA) is 105 Å². The van der Waals surface area contributed by atoms with E-state index < -0.39 is 17.5 Å². The van der Waals surface area contributed by atoms with Gasteiger partial charge in [0.05, 0.1) is 5.41 Å². The van der Waals surface area contributed by atoms with Crippen molar-refractivity contribution in [3.63, 3.8) is 0 Å². The van der Waals surface area contributed by atoms with Crippen LogP contribution in [0.1, 0.15) is 47.7 Å². The summed E-state index contributed by atoms with van der Waals surface area (Å²) in [5, 5.41) is 14.7. The zero-order chi connectivity index (χ0) is 25.0. The smallest absolute Gasteiger partial charge is 0.411 e. The summed E-state index contributed by atoms with van der Waals surface area (Å²) in [6.07, 6.45) is -0.185. The number of hydrogen-bond donors (Lipinski definition) is 3. The Balaban J connectivity index is 1.33. The van der Waals surface area contributed by atoms with Gasteiger partial charge in [-0.2, -0.15) is 0 Å². The number of carbonyl (C=O) groups is 3. The van der Waals surface area contributed by atoms with Crippen LogP contribution >= 0.6 is 0 Å². The van der Waals surface area contributed by atoms with Crippen LogP contribution < -0.4 is 10.6 Å². The summed E-state index contributed by atoms with van der Waals surface area (Å²) in [5.41, 5.74) is 4.43. The van der Waals surface area contributed by atoms with Crippen molar-refractivity contribution in [1.82, 2.24) is 5.32 Å². The second-order valence-corrected chi connectivity index (χ2v) is 8.93. The molecule has 1 aliphatic rings. The van der Waals surface area contributed by atoms with Crippen molar-refractivity contribution in [3.05, 3.63) is 89.5 Å². The van der Waals surface area contributed by atoms with Gasteiger partial charge in [-0.3, -0.25) is 14.9 Å². The molecule has 3 N–H and O–H groups in total. The van der Waals surface area contributed by atoms with Gasteiger partial charge in [0.25, 0.3) is 5.91 Å². The van der Waals surface area contributed by atoms with Crippen LogP contribution in [0, 0.1) is 5.41 Å². The van der Waals surface area contributed by atoms with Gasteiger partial charge in [-0.25, -0.2) is 4.79 Å². The summed E-state index contributed by atoms with van der Waals surface area (Å²) in [6.45, 7) is 3.60. The number of nitrogens with one attached hydrogen (secondary N) is 2. The number of carbonyl (C=O) groups excluding carboxylic acids is 2. The third-order valence-electron chi connectivity index (χ3n) is 6.67. The number of aliphatic carboxylic acids is 1. The Kier molecular flexibility index (Phi) is 6.87. The van der Waals surface area contributed by atoms with Gasteiger partial charge in [-0.05, 0) is 59.9 Å². The molecule has 0 fully saturated rings. The van der Waals surface area contributed by atoms with E-state index in [4.69, 9.17) is 4.74 Å². The van der Waals surface area contributed by atoms with Crippen LogP contribution in [-0.4, -0.2) is 36.2 Å². The molecule has 1 unspecified atom stereocenters. The van der Waals surface area contributed by atoms with Crippen LogP contribution in [0.2, 0.25) is 0 Å². The molecule has 0 saturated heterocycles. The zero-order valence-electron chi connectivity index (χ0n) is 19.7. The minimum Gasteiger partial charge on any atom is -0.481 e. The molecule has 0 bridgehead atoms. The minimum atomic E-state index is -1.03. The number of benzene rings is 3. The number of hydrogen-bond acceptors (Lipinski definition) is 4. The van der Waals surface area contributed by atoms with Gasteiger partial charge in [-0.15, -0.1) is 0 Å². The number of ether oxygens (including phenoxy) is 1. The van der Waals surface area contributed by atoms with Gasteiger partial charge in [0, 0.05) is 23.7 Å². The maximum Gasteiger partial charge on any atom is 0.411 e. The van der Waals surface area contributed by atoms with E-state index in [0.717, 1.165) is 22.3 Å². The van der Waals surface area contributed by atoms with E-state index in [0.29, 0.717) is 17.7 Å². The third kappa shape index (κ3) is 5.04. The molecule has 3 aromatic carbocycles. The molecule has 35 heavy (non-hydrogen) atoms. The molecule has 1 atom stereocenters. The SMILES string of the molecule is CCC(C)(CNC(=O)c1ccc(NC(=O)OCC2c3ccccc3-c3ccccc32)cc1)C(=O)O. The third-order valence-corrected chi connectivity index (χ3v) is 6.67. The minimum absolute atomic E-state index is 0.0252. The molecular formula is C28H28N2O5. The molecule has 180 valence electrons. The lowest BCUT2D eigenvalue weighted by Crippen LogP contribution is -2.40. The molecular weight excluding hydrogens is 444 g/mol. The first-order valence-corrected chi connectivity index (χ1v) is 11.6. The quantitative estimate of drug-likeness (QED) is 0.414. The molecule has 0 radical (unpaired) electrons. The Morgan fingerprint density at radius 1 is 0.914 bits per heavy atom. The average Bonchev–Trinajstić information content (AvgIpc) is 3.20. The lowest BCUT2D eigenvalue weighted by atomic mass is 9.87. The molecule has 0 saturated carbocycles. The van der Waals surface area contributed by atoms with Gasteiger partial charge in [0.2, 0.25) is 0 Å². The second-order valence-electron chi connectivity index (χ2n) is 8.93. The summed E-state index contributed by atoms with van der Waals surface area (Å²) in [6, 6.07) is 22.6. The molecule has 7 heteroatoms. The lowest BCUT2D eigenvalue weighted by Gasteiger charge is -2.23. The maximum absolute atomic E-state index is 12.5. The average molecular weight is 473 g/mol. The van der Waals surface area contributed by atoms with Gasteiger partial charge in [0.1, 0.15) is 6.61 Å². The van der Waals surface area contributed by atoms with E-state index in [9.17, 15) is 19.5 Å². The fourth-order valence-corrected chi connectivity index (χ4v) is 4.19. The van der Waals surface area contributed by atoms with Gasteiger partial charge < -0.3 is 15.2 Å². The second kappa shape index (κ2) is 10.0. The van der Waals surface area contributed by atoms with Crippen LogP contribution in [-0.2, 0) is 9.53 Å². The van der Waals surface area contributed by atoms with Crippen LogP contribution in [0.5, 0.6) is 0 Å². The largest absolute Gasteiger partial charge is 0.481 e. The Hall–Kier alpha value is -4.13. The Morgan fingerprint density at radius 2 is 1.49 bits per heavy atom. The Labute approximate surface area is 204 Å². The molecule has 0 aromatic heterocycles. The summed E-state index contributed by atoms with van der Waals surface area (Å²) < 4.78 is 5.55. The first kappa shape index (κ1) is 24.0. The highest BCUT2D eigenvalue weighted by molar-refractivity contribution is 5.95. The zero-order valence-corrected chi connectivity index (χ0v) is 19.7. The van der Waals surface area contributed by atoms with E-state index in [1.807, 2.05) is 24.3 Å². The normalized spacial score (nSPS) is 13.8. The van der Waals surface area contributed by atoms with E-state index in [1.54, 1.807) is 38.1 Å². The summed E-state index contributed by atoms with van der Waals surface area (Å²) in [4.78, 5) is 36.3. The predicted octanol–water partition coefficient (Wildman–Crippen LogP) is 5.28. The molecule has 7 nitrogen and oxygen atoms in total. The Bertz CT molecular complexity index is 1210. The number of fused-ring (bicyclic) bond motifs is 3. The monoisotopic (exact) mass is 472 g/mol. The lowest BCUT2D eigenvalue weighted by molar-refractivity contribution is -0.147. The van der Waals surface area contributed by atoms with Crippen molar-refractivity contribution in [2.75, 3.05) is 18.5 Å². The fraction of sp³-hybridized carbons (Fsp3) is 0.250. The number of rotatable bonds is 8. The van der Waals surface area contributed by atoms with Gasteiger partial charge in [-0.1, -0.05) is 55.5 Å². The number of amides is 2. The highest BCUT2D eigenvalue weighted by Gasteiger charge is 2.31. The summed E-state index contributed by atoms with van der Waals surface area (Å²) >= 11 is 0. The molecule has 0 aliphatic heterocycles. The summed E-state index contributed by atoms with van der Waals surface area (Å²) in [5.74, 6) is -1.36. The van der Waals surface area contributed by atoms with Crippen molar-refractivity contribution in [2.24, 2.45) is 5.41 Å². The van der Waals surface area contributed by atoms with E-state index in [1.165, 1.54) is 0 Å². The number of carboxylic acids is 1. The van der Waals surface area contributed by atoms with Crippen molar-refractivity contribution in [3.8, 4) is 11.1 Å². The van der Waals surface area contributed by atoms with Gasteiger partial charge >= 0.3 is 12.1 Å². The first-order valence-electron chi connectivity index (χ1n) is 11.6. The molecule has 0 heterocycles. The van der Waals surface area contributed by atoms with E-state index in [-0.39, 0.29) is 25.0 Å². The van der Waals surface area contributed by atoms with Crippen LogP contribution in [0.4, 0.5) is 10.5 Å². The van der Waals surface area contributed by atoms with Crippen LogP contribution in [0.3, 0.4) is 0 Å². The molecule has 4 rings (SSSR count). The van der Waals surface area contributed by atoms with Crippen molar-refractivity contribution < 1.29 is 24.2 Å².